The van der Waals surface area contributed by atoms with E-state index in [-0.39, 0.29) is 12.0 Å². The normalized spacial score (nSPS) is 15.2. The highest BCUT2D eigenvalue weighted by atomic mass is 16.5. The van der Waals surface area contributed by atoms with Crippen molar-refractivity contribution in [1.29, 1.82) is 0 Å². The first-order chi connectivity index (χ1) is 15.7. The Labute approximate surface area is 192 Å². The lowest BCUT2D eigenvalue weighted by atomic mass is 10.0. The van der Waals surface area contributed by atoms with Crippen molar-refractivity contribution in [2.24, 2.45) is 0 Å². The molecule has 0 atom stereocenters. The lowest BCUT2D eigenvalue weighted by Gasteiger charge is -2.32. The SMILES string of the molecule is CCCCc1cc(OC2CCN(COCCCNC(=O)CCC)CC2)c2ncccc2c1. The van der Waals surface area contributed by atoms with Gasteiger partial charge in [0.2, 0.25) is 5.91 Å². The number of pyridine rings is 1. The van der Waals surface area contributed by atoms with Crippen LogP contribution in [0, 0.1) is 0 Å². The minimum absolute atomic E-state index is 0.133. The minimum atomic E-state index is 0.133. The monoisotopic (exact) mass is 441 g/mol. The largest absolute Gasteiger partial charge is 0.488 e. The molecule has 0 aliphatic carbocycles. The summed E-state index contributed by atoms with van der Waals surface area (Å²) in [5.74, 6) is 1.06. The highest BCUT2D eigenvalue weighted by molar-refractivity contribution is 5.85. The molecule has 1 amide bonds. The van der Waals surface area contributed by atoms with Gasteiger partial charge in [0, 0.05) is 37.6 Å². The average Bonchev–Trinajstić information content (AvgIpc) is 2.81. The number of fused-ring (bicyclic) bond motifs is 1. The van der Waals surface area contributed by atoms with Gasteiger partial charge >= 0.3 is 0 Å². The summed E-state index contributed by atoms with van der Waals surface area (Å²) in [6.45, 7) is 8.19. The molecular formula is C26H39N3O3. The van der Waals surface area contributed by atoms with Crippen molar-refractivity contribution in [3.63, 3.8) is 0 Å². The van der Waals surface area contributed by atoms with Crippen molar-refractivity contribution in [3.8, 4) is 5.75 Å². The van der Waals surface area contributed by atoms with E-state index in [1.807, 2.05) is 19.2 Å². The molecule has 1 aliphatic rings. The molecule has 1 aromatic carbocycles. The quantitative estimate of drug-likeness (QED) is 0.457. The Morgan fingerprint density at radius 3 is 2.81 bits per heavy atom. The Hall–Kier alpha value is -2.18. The molecule has 2 aromatic rings. The molecule has 0 saturated carbocycles. The van der Waals surface area contributed by atoms with Crippen molar-refractivity contribution in [2.45, 2.75) is 71.3 Å². The number of rotatable bonds is 13. The van der Waals surface area contributed by atoms with Crippen LogP contribution in [0.4, 0.5) is 0 Å². The molecule has 32 heavy (non-hydrogen) atoms. The molecule has 6 heteroatoms. The molecule has 1 saturated heterocycles. The maximum atomic E-state index is 11.4. The van der Waals surface area contributed by atoms with Crippen molar-refractivity contribution in [2.75, 3.05) is 33.0 Å². The van der Waals surface area contributed by atoms with E-state index in [1.165, 1.54) is 18.4 Å². The van der Waals surface area contributed by atoms with Crippen LogP contribution in [-0.4, -0.2) is 54.9 Å². The molecule has 0 bridgehead atoms. The first-order valence-corrected chi connectivity index (χ1v) is 12.3. The number of aromatic nitrogens is 1. The number of hydrogen-bond acceptors (Lipinski definition) is 5. The molecule has 1 aromatic heterocycles. The van der Waals surface area contributed by atoms with Crippen molar-refractivity contribution < 1.29 is 14.3 Å². The van der Waals surface area contributed by atoms with Crippen LogP contribution >= 0.6 is 0 Å². The van der Waals surface area contributed by atoms with Gasteiger partial charge in [-0.15, -0.1) is 0 Å². The third-order valence-electron chi connectivity index (χ3n) is 5.92. The summed E-state index contributed by atoms with van der Waals surface area (Å²) < 4.78 is 12.3. The number of unbranched alkanes of at least 4 members (excludes halogenated alkanes) is 1. The third-order valence-corrected chi connectivity index (χ3v) is 5.92. The number of nitrogens with zero attached hydrogens (tertiary/aromatic N) is 2. The fourth-order valence-electron chi connectivity index (χ4n) is 4.08. The van der Waals surface area contributed by atoms with E-state index in [0.717, 1.165) is 61.8 Å². The van der Waals surface area contributed by atoms with Crippen LogP contribution in [0.2, 0.25) is 0 Å². The van der Waals surface area contributed by atoms with E-state index < -0.39 is 0 Å². The Kier molecular flexibility index (Phi) is 10.2. The van der Waals surface area contributed by atoms with Crippen LogP contribution in [0.3, 0.4) is 0 Å². The van der Waals surface area contributed by atoms with Gasteiger partial charge in [-0.1, -0.05) is 26.3 Å². The van der Waals surface area contributed by atoms with E-state index in [0.29, 0.717) is 26.3 Å². The van der Waals surface area contributed by atoms with Crippen LogP contribution in [0.5, 0.6) is 5.75 Å². The lowest BCUT2D eigenvalue weighted by Crippen LogP contribution is -2.39. The molecule has 2 heterocycles. The number of likely N-dealkylation sites (tertiary alicyclic amines) is 1. The summed E-state index contributed by atoms with van der Waals surface area (Å²) in [6, 6.07) is 8.56. The average molecular weight is 442 g/mol. The summed E-state index contributed by atoms with van der Waals surface area (Å²) in [5.41, 5.74) is 2.30. The van der Waals surface area contributed by atoms with Gasteiger partial charge in [-0.2, -0.15) is 0 Å². The second-order valence-corrected chi connectivity index (χ2v) is 8.70. The number of amides is 1. The number of aryl methyl sites for hydroxylation is 1. The summed E-state index contributed by atoms with van der Waals surface area (Å²) >= 11 is 0. The number of piperidine rings is 1. The maximum absolute atomic E-state index is 11.4. The fourth-order valence-corrected chi connectivity index (χ4v) is 4.08. The highest BCUT2D eigenvalue weighted by Crippen LogP contribution is 2.29. The summed E-state index contributed by atoms with van der Waals surface area (Å²) in [4.78, 5) is 18.4. The van der Waals surface area contributed by atoms with Crippen molar-refractivity contribution >= 4 is 16.8 Å². The van der Waals surface area contributed by atoms with Gasteiger partial charge in [0.05, 0.1) is 13.3 Å². The zero-order valence-corrected chi connectivity index (χ0v) is 19.8. The molecule has 1 aliphatic heterocycles. The van der Waals surface area contributed by atoms with Crippen LogP contribution < -0.4 is 10.1 Å². The zero-order chi connectivity index (χ0) is 22.6. The summed E-state index contributed by atoms with van der Waals surface area (Å²) in [6.07, 6.45) is 9.84. The van der Waals surface area contributed by atoms with Gasteiger partial charge in [0.1, 0.15) is 17.4 Å². The van der Waals surface area contributed by atoms with E-state index in [1.54, 1.807) is 0 Å². The van der Waals surface area contributed by atoms with E-state index in [9.17, 15) is 4.79 Å². The minimum Gasteiger partial charge on any atom is -0.488 e. The predicted molar refractivity (Wildman–Crippen MR) is 129 cm³/mol. The molecule has 1 fully saturated rings. The zero-order valence-electron chi connectivity index (χ0n) is 19.8. The maximum Gasteiger partial charge on any atom is 0.219 e. The van der Waals surface area contributed by atoms with Gasteiger partial charge < -0.3 is 14.8 Å². The Morgan fingerprint density at radius 2 is 2.03 bits per heavy atom. The molecule has 0 radical (unpaired) electrons. The lowest BCUT2D eigenvalue weighted by molar-refractivity contribution is -0.121. The smallest absolute Gasteiger partial charge is 0.219 e. The van der Waals surface area contributed by atoms with Crippen LogP contribution in [0.1, 0.15) is 64.4 Å². The predicted octanol–water partition coefficient (Wildman–Crippen LogP) is 4.70. The highest BCUT2D eigenvalue weighted by Gasteiger charge is 2.21. The standard InChI is InChI=1S/C26H39N3O3/c1-3-5-9-21-18-22-10-6-13-28-26(22)24(19-21)32-23-11-15-29(16-12-23)20-31-17-7-14-27-25(30)8-4-2/h6,10,13,18-19,23H,3-5,7-9,11-12,14-17,20H2,1-2H3,(H,27,30). The number of carbonyl (C=O) groups excluding carboxylic acids is 1. The van der Waals surface area contributed by atoms with Gasteiger partial charge in [-0.3, -0.25) is 14.7 Å². The van der Waals surface area contributed by atoms with Gasteiger partial charge in [-0.05, 0) is 62.3 Å². The van der Waals surface area contributed by atoms with Gasteiger partial charge in [0.15, 0.2) is 0 Å². The van der Waals surface area contributed by atoms with E-state index >= 15 is 0 Å². The Morgan fingerprint density at radius 1 is 1.19 bits per heavy atom. The molecule has 176 valence electrons. The molecule has 0 spiro atoms. The second-order valence-electron chi connectivity index (χ2n) is 8.70. The number of hydrogen-bond donors (Lipinski definition) is 1. The fraction of sp³-hybridized carbons (Fsp3) is 0.615. The van der Waals surface area contributed by atoms with E-state index in [2.05, 4.69) is 40.3 Å². The van der Waals surface area contributed by atoms with Crippen LogP contribution in [0.25, 0.3) is 10.9 Å². The molecule has 0 unspecified atom stereocenters. The summed E-state index contributed by atoms with van der Waals surface area (Å²) in [7, 11) is 0. The molecule has 1 N–H and O–H groups in total. The number of carbonyl (C=O) groups is 1. The third kappa shape index (κ3) is 7.75. The Balaban J connectivity index is 1.41. The number of nitrogens with one attached hydrogen (secondary N) is 1. The van der Waals surface area contributed by atoms with Crippen LogP contribution in [-0.2, 0) is 16.0 Å². The molecule has 3 rings (SSSR count). The molecular weight excluding hydrogens is 402 g/mol. The van der Waals surface area contributed by atoms with Crippen molar-refractivity contribution in [1.82, 2.24) is 15.2 Å². The number of ether oxygens (including phenoxy) is 2. The van der Waals surface area contributed by atoms with Gasteiger partial charge in [-0.25, -0.2) is 0 Å². The second kappa shape index (κ2) is 13.4. The number of benzene rings is 1. The summed E-state index contributed by atoms with van der Waals surface area (Å²) in [5, 5.41) is 4.08. The van der Waals surface area contributed by atoms with Crippen molar-refractivity contribution in [3.05, 3.63) is 36.0 Å². The first kappa shape index (κ1) is 24.5. The first-order valence-electron chi connectivity index (χ1n) is 12.3. The topological polar surface area (TPSA) is 63.7 Å². The van der Waals surface area contributed by atoms with E-state index in [4.69, 9.17) is 9.47 Å². The Bertz CT molecular complexity index is 834. The van der Waals surface area contributed by atoms with Gasteiger partial charge in [0.25, 0.3) is 0 Å². The molecule has 6 nitrogen and oxygen atoms in total. The van der Waals surface area contributed by atoms with Crippen LogP contribution in [0.15, 0.2) is 30.5 Å².